The van der Waals surface area contributed by atoms with Gasteiger partial charge in [-0.15, -0.1) is 0 Å². The number of amides is 1. The molecule has 6 heteroatoms. The average molecular weight is 319 g/mol. The van der Waals surface area contributed by atoms with Gasteiger partial charge in [0.1, 0.15) is 5.69 Å². The van der Waals surface area contributed by atoms with Gasteiger partial charge >= 0.3 is 5.97 Å². The molecule has 1 aromatic carbocycles. The lowest BCUT2D eigenvalue weighted by atomic mass is 10.1. The van der Waals surface area contributed by atoms with Gasteiger partial charge in [0.2, 0.25) is 0 Å². The van der Waals surface area contributed by atoms with Crippen LogP contribution in [0.2, 0.25) is 5.02 Å². The molecule has 2 aromatic rings. The summed E-state index contributed by atoms with van der Waals surface area (Å²) >= 11 is 5.93. The van der Waals surface area contributed by atoms with Gasteiger partial charge in [0.15, 0.2) is 0 Å². The van der Waals surface area contributed by atoms with E-state index in [1.165, 1.54) is 25.4 Å². The van der Waals surface area contributed by atoms with E-state index < -0.39 is 5.97 Å². The molecule has 0 spiro atoms. The highest BCUT2D eigenvalue weighted by Gasteiger charge is 2.14. The van der Waals surface area contributed by atoms with Crippen LogP contribution in [0, 0.1) is 0 Å². The Labute approximate surface area is 133 Å². The number of nitrogens with zero attached hydrogens (tertiary/aromatic N) is 1. The van der Waals surface area contributed by atoms with E-state index >= 15 is 0 Å². The van der Waals surface area contributed by atoms with Gasteiger partial charge in [-0.2, -0.15) is 0 Å². The molecule has 0 aliphatic rings. The first-order chi connectivity index (χ1) is 10.5. The molecule has 1 amide bonds. The van der Waals surface area contributed by atoms with Crippen molar-refractivity contribution in [1.82, 2.24) is 10.3 Å². The van der Waals surface area contributed by atoms with Crippen molar-refractivity contribution in [1.29, 1.82) is 0 Å². The summed E-state index contributed by atoms with van der Waals surface area (Å²) in [4.78, 5) is 27.4. The largest absolute Gasteiger partial charge is 0.465 e. The molecule has 5 nitrogen and oxygen atoms in total. The second kappa shape index (κ2) is 7.04. The third-order valence-corrected chi connectivity index (χ3v) is 3.35. The summed E-state index contributed by atoms with van der Waals surface area (Å²) in [6.07, 6.45) is 1.31. The van der Waals surface area contributed by atoms with E-state index in [2.05, 4.69) is 15.0 Å². The number of carbonyl (C=O) groups is 2. The molecule has 0 fully saturated rings. The molecule has 2 rings (SSSR count). The number of rotatable bonds is 4. The zero-order valence-electron chi connectivity index (χ0n) is 12.2. The van der Waals surface area contributed by atoms with E-state index in [4.69, 9.17) is 11.6 Å². The summed E-state index contributed by atoms with van der Waals surface area (Å²) in [6.45, 7) is 1.85. The monoisotopic (exact) mass is 318 g/mol. The molecule has 1 unspecified atom stereocenters. The number of aromatic nitrogens is 1. The van der Waals surface area contributed by atoms with Crippen molar-refractivity contribution in [3.05, 3.63) is 64.4 Å². The molecule has 1 atom stereocenters. The topological polar surface area (TPSA) is 68.3 Å². The van der Waals surface area contributed by atoms with E-state index in [9.17, 15) is 9.59 Å². The van der Waals surface area contributed by atoms with E-state index in [1.807, 2.05) is 19.1 Å². The molecule has 1 N–H and O–H groups in total. The summed E-state index contributed by atoms with van der Waals surface area (Å²) in [6, 6.07) is 10.0. The first-order valence-corrected chi connectivity index (χ1v) is 6.99. The fourth-order valence-electron chi connectivity index (χ4n) is 1.90. The van der Waals surface area contributed by atoms with E-state index in [0.717, 1.165) is 5.56 Å². The Hall–Kier alpha value is -2.40. The van der Waals surface area contributed by atoms with Crippen molar-refractivity contribution >= 4 is 23.5 Å². The van der Waals surface area contributed by atoms with Crippen molar-refractivity contribution in [2.24, 2.45) is 0 Å². The van der Waals surface area contributed by atoms with Crippen LogP contribution in [0.5, 0.6) is 0 Å². The Kier molecular flexibility index (Phi) is 5.12. The van der Waals surface area contributed by atoms with Gasteiger partial charge in [0, 0.05) is 11.2 Å². The number of hydrogen-bond acceptors (Lipinski definition) is 4. The molecule has 0 saturated heterocycles. The lowest BCUT2D eigenvalue weighted by Crippen LogP contribution is -2.27. The summed E-state index contributed by atoms with van der Waals surface area (Å²) < 4.78 is 4.58. The number of nitrogens with one attached hydrogen (secondary N) is 1. The van der Waals surface area contributed by atoms with E-state index in [0.29, 0.717) is 10.6 Å². The smallest absolute Gasteiger partial charge is 0.339 e. The van der Waals surface area contributed by atoms with Crippen LogP contribution in [0.4, 0.5) is 0 Å². The predicted octanol–water partition coefficient (Wildman–Crippen LogP) is 3.01. The molecule has 0 saturated carbocycles. The maximum Gasteiger partial charge on any atom is 0.339 e. The standard InChI is InChI=1S/C16H15ClN2O3/c1-10(11-4-3-5-13(17)8-11)19-15(20)14-7-6-12(9-18-14)16(21)22-2/h3-10H,1-2H3,(H,19,20). The minimum Gasteiger partial charge on any atom is -0.465 e. The summed E-state index contributed by atoms with van der Waals surface area (Å²) in [5.41, 5.74) is 1.41. The molecule has 0 aliphatic heterocycles. The third kappa shape index (κ3) is 3.83. The highest BCUT2D eigenvalue weighted by Crippen LogP contribution is 2.17. The van der Waals surface area contributed by atoms with Crippen LogP contribution < -0.4 is 5.32 Å². The molecule has 114 valence electrons. The van der Waals surface area contributed by atoms with Crippen molar-refractivity contribution in [2.75, 3.05) is 7.11 Å². The highest BCUT2D eigenvalue weighted by atomic mass is 35.5. The quantitative estimate of drug-likeness (QED) is 0.880. The maximum atomic E-state index is 12.1. The van der Waals surface area contributed by atoms with Crippen LogP contribution >= 0.6 is 11.6 Å². The van der Waals surface area contributed by atoms with Crippen LogP contribution in [-0.4, -0.2) is 24.0 Å². The molecule has 0 aliphatic carbocycles. The number of carbonyl (C=O) groups excluding carboxylic acids is 2. The van der Waals surface area contributed by atoms with Crippen LogP contribution in [-0.2, 0) is 4.74 Å². The first kappa shape index (κ1) is 16.0. The van der Waals surface area contributed by atoms with E-state index in [1.54, 1.807) is 12.1 Å². The molecular weight excluding hydrogens is 304 g/mol. The number of benzene rings is 1. The van der Waals surface area contributed by atoms with E-state index in [-0.39, 0.29) is 17.6 Å². The Balaban J connectivity index is 2.07. The Morgan fingerprint density at radius 1 is 1.27 bits per heavy atom. The number of pyridine rings is 1. The zero-order chi connectivity index (χ0) is 16.1. The molecule has 0 bridgehead atoms. The second-order valence-electron chi connectivity index (χ2n) is 4.67. The van der Waals surface area contributed by atoms with Crippen molar-refractivity contribution in [3.8, 4) is 0 Å². The van der Waals surface area contributed by atoms with Gasteiger partial charge in [0.05, 0.1) is 18.7 Å². The Morgan fingerprint density at radius 2 is 2.05 bits per heavy atom. The minimum atomic E-state index is -0.494. The van der Waals surface area contributed by atoms with Gasteiger partial charge in [-0.05, 0) is 36.8 Å². The molecule has 1 aromatic heterocycles. The molecular formula is C16H15ClN2O3. The highest BCUT2D eigenvalue weighted by molar-refractivity contribution is 6.30. The van der Waals surface area contributed by atoms with Crippen LogP contribution in [0.1, 0.15) is 39.4 Å². The van der Waals surface area contributed by atoms with Crippen LogP contribution in [0.3, 0.4) is 0 Å². The Morgan fingerprint density at radius 3 is 2.64 bits per heavy atom. The second-order valence-corrected chi connectivity index (χ2v) is 5.11. The molecule has 1 heterocycles. The SMILES string of the molecule is COC(=O)c1ccc(C(=O)NC(C)c2cccc(Cl)c2)nc1. The predicted molar refractivity (Wildman–Crippen MR) is 82.9 cm³/mol. The third-order valence-electron chi connectivity index (χ3n) is 3.11. The molecule has 0 radical (unpaired) electrons. The zero-order valence-corrected chi connectivity index (χ0v) is 12.9. The fourth-order valence-corrected chi connectivity index (χ4v) is 2.10. The van der Waals surface area contributed by atoms with Gasteiger partial charge in [-0.3, -0.25) is 9.78 Å². The number of esters is 1. The van der Waals surface area contributed by atoms with Gasteiger partial charge < -0.3 is 10.1 Å². The minimum absolute atomic E-state index is 0.215. The Bertz CT molecular complexity index is 686. The fraction of sp³-hybridized carbons (Fsp3) is 0.188. The normalized spacial score (nSPS) is 11.6. The van der Waals surface area contributed by atoms with Crippen LogP contribution in [0.25, 0.3) is 0 Å². The summed E-state index contributed by atoms with van der Waals surface area (Å²) in [5.74, 6) is -0.823. The van der Waals surface area contributed by atoms with Gasteiger partial charge in [-0.1, -0.05) is 23.7 Å². The number of ether oxygens (including phenoxy) is 1. The van der Waals surface area contributed by atoms with Crippen molar-refractivity contribution in [2.45, 2.75) is 13.0 Å². The lowest BCUT2D eigenvalue weighted by Gasteiger charge is -2.14. The van der Waals surface area contributed by atoms with Crippen LogP contribution in [0.15, 0.2) is 42.6 Å². The van der Waals surface area contributed by atoms with Crippen molar-refractivity contribution in [3.63, 3.8) is 0 Å². The van der Waals surface area contributed by atoms with Gasteiger partial charge in [-0.25, -0.2) is 4.79 Å². The number of methoxy groups -OCH3 is 1. The van der Waals surface area contributed by atoms with Crippen molar-refractivity contribution < 1.29 is 14.3 Å². The lowest BCUT2D eigenvalue weighted by molar-refractivity contribution is 0.0599. The van der Waals surface area contributed by atoms with Gasteiger partial charge in [0.25, 0.3) is 5.91 Å². The number of halogens is 1. The first-order valence-electron chi connectivity index (χ1n) is 6.62. The maximum absolute atomic E-state index is 12.1. The summed E-state index contributed by atoms with van der Waals surface area (Å²) in [7, 11) is 1.29. The number of hydrogen-bond donors (Lipinski definition) is 1. The average Bonchev–Trinajstić information content (AvgIpc) is 2.54. The molecule has 22 heavy (non-hydrogen) atoms. The summed E-state index contributed by atoms with van der Waals surface area (Å²) in [5, 5.41) is 3.44.